The first kappa shape index (κ1) is 23.9. The minimum Gasteiger partial charge on any atom is -0.510 e. The van der Waals surface area contributed by atoms with Gasteiger partial charge in [-0.15, -0.1) is 0 Å². The molecule has 0 radical (unpaired) electrons. The van der Waals surface area contributed by atoms with Gasteiger partial charge in [-0.3, -0.25) is 14.4 Å². The molecule has 3 aliphatic carbocycles. The van der Waals surface area contributed by atoms with Gasteiger partial charge in [0.2, 0.25) is 0 Å². The van der Waals surface area contributed by atoms with Crippen molar-refractivity contribution in [3.8, 4) is 0 Å². The number of allylic oxidation sites excluding steroid dienone is 4. The maximum Gasteiger partial charge on any atom is 0.183 e. The number of rotatable bonds is 6. The van der Waals surface area contributed by atoms with Gasteiger partial charge in [0.1, 0.15) is 11.3 Å². The third-order valence-electron chi connectivity index (χ3n) is 8.21. The SMILES string of the molecule is CC(C)=CCC12C[C@@H]3C(C)(C)[C@H](C(C)(C)O)C[C@@]3(C1=O)C(O)=C(C(=O)CC(C)C)C2=O. The number of aliphatic hydroxyl groups is 2. The van der Waals surface area contributed by atoms with E-state index in [-0.39, 0.29) is 59.9 Å². The molecule has 2 fully saturated rings. The van der Waals surface area contributed by atoms with E-state index in [1.165, 1.54) is 0 Å². The second kappa shape index (κ2) is 7.13. The highest BCUT2D eigenvalue weighted by molar-refractivity contribution is 6.32. The molecule has 0 aromatic carbocycles. The van der Waals surface area contributed by atoms with Gasteiger partial charge in [0, 0.05) is 6.42 Å². The summed E-state index contributed by atoms with van der Waals surface area (Å²) in [5.74, 6) is -2.02. The normalized spacial score (nSPS) is 34.4. The highest BCUT2D eigenvalue weighted by atomic mass is 16.3. The largest absolute Gasteiger partial charge is 0.510 e. The summed E-state index contributed by atoms with van der Waals surface area (Å²) in [4.78, 5) is 40.9. The fourth-order valence-corrected chi connectivity index (χ4v) is 6.84. The Bertz CT molecular complexity index is 893. The van der Waals surface area contributed by atoms with Crippen LogP contribution in [-0.2, 0) is 14.4 Å². The van der Waals surface area contributed by atoms with Crippen molar-refractivity contribution in [2.45, 2.75) is 86.7 Å². The summed E-state index contributed by atoms with van der Waals surface area (Å²) in [6.07, 6.45) is 2.85. The fourth-order valence-electron chi connectivity index (χ4n) is 6.84. The Balaban J connectivity index is 2.28. The Labute approximate surface area is 186 Å². The van der Waals surface area contributed by atoms with Crippen LogP contribution in [0.25, 0.3) is 0 Å². The van der Waals surface area contributed by atoms with E-state index >= 15 is 0 Å². The van der Waals surface area contributed by atoms with Crippen molar-refractivity contribution in [2.75, 3.05) is 0 Å². The quantitative estimate of drug-likeness (QED) is 0.361. The number of hydrogen-bond donors (Lipinski definition) is 2. The third-order valence-corrected chi connectivity index (χ3v) is 8.21. The lowest BCUT2D eigenvalue weighted by Gasteiger charge is -2.40. The van der Waals surface area contributed by atoms with Gasteiger partial charge in [-0.25, -0.2) is 0 Å². The molecule has 2 saturated carbocycles. The number of carbonyl (C=O) groups excluding carboxylic acids is 3. The summed E-state index contributed by atoms with van der Waals surface area (Å²) in [6.45, 7) is 15.1. The summed E-state index contributed by atoms with van der Waals surface area (Å²) in [7, 11) is 0. The molecule has 0 aromatic heterocycles. The molecule has 3 aliphatic rings. The number of carbonyl (C=O) groups is 3. The number of fused-ring (bicyclic) bond motifs is 1. The lowest BCUT2D eigenvalue weighted by Crippen LogP contribution is -2.50. The van der Waals surface area contributed by atoms with E-state index in [1.54, 1.807) is 13.8 Å². The highest BCUT2D eigenvalue weighted by Crippen LogP contribution is 2.73. The summed E-state index contributed by atoms with van der Waals surface area (Å²) in [5, 5.41) is 22.4. The third kappa shape index (κ3) is 3.18. The second-order valence-electron chi connectivity index (χ2n) is 11.9. The standard InChI is InChI=1S/C26H38O5/c1-14(2)9-10-25-12-18-23(5,6)17(24(7,8)31)13-26(18,22(25)30)21(29)19(20(25)28)16(27)11-15(3)4/h9,15,17-18,29,31H,10-13H2,1-8H3/t17-,18-,25?,26+/m1/s1. The molecule has 0 heterocycles. The molecule has 3 rings (SSSR count). The van der Waals surface area contributed by atoms with E-state index in [1.807, 2.05) is 47.6 Å². The first-order chi connectivity index (χ1) is 14.0. The summed E-state index contributed by atoms with van der Waals surface area (Å²) in [6, 6.07) is 0. The molecule has 0 aliphatic heterocycles. The van der Waals surface area contributed by atoms with Crippen LogP contribution in [0.5, 0.6) is 0 Å². The molecule has 172 valence electrons. The first-order valence-electron chi connectivity index (χ1n) is 11.5. The average Bonchev–Trinajstić information content (AvgIpc) is 2.97. The topological polar surface area (TPSA) is 91.7 Å². The van der Waals surface area contributed by atoms with E-state index in [9.17, 15) is 24.6 Å². The summed E-state index contributed by atoms with van der Waals surface area (Å²) in [5.41, 5.74) is -3.30. The molecular formula is C26H38O5. The van der Waals surface area contributed by atoms with Crippen LogP contribution in [0.1, 0.15) is 81.1 Å². The van der Waals surface area contributed by atoms with Gasteiger partial charge in [0.05, 0.1) is 16.4 Å². The molecule has 0 aromatic rings. The zero-order chi connectivity index (χ0) is 23.7. The van der Waals surface area contributed by atoms with Crippen molar-refractivity contribution in [2.24, 2.45) is 34.0 Å². The van der Waals surface area contributed by atoms with Crippen LogP contribution in [-0.4, -0.2) is 33.2 Å². The van der Waals surface area contributed by atoms with Gasteiger partial charge in [0.15, 0.2) is 17.3 Å². The predicted octanol–water partition coefficient (Wildman–Crippen LogP) is 4.73. The Morgan fingerprint density at radius 1 is 1.19 bits per heavy atom. The molecule has 31 heavy (non-hydrogen) atoms. The van der Waals surface area contributed by atoms with Gasteiger partial charge >= 0.3 is 0 Å². The van der Waals surface area contributed by atoms with Gasteiger partial charge in [-0.05, 0) is 70.1 Å². The zero-order valence-corrected chi connectivity index (χ0v) is 20.3. The average molecular weight is 431 g/mol. The number of Topliss-reactive ketones (excluding diaryl/α,β-unsaturated/α-hetero) is 3. The van der Waals surface area contributed by atoms with Crippen LogP contribution in [0.3, 0.4) is 0 Å². The second-order valence-corrected chi connectivity index (χ2v) is 11.9. The van der Waals surface area contributed by atoms with Crippen molar-refractivity contribution in [1.29, 1.82) is 0 Å². The van der Waals surface area contributed by atoms with Gasteiger partial charge < -0.3 is 10.2 Å². The minimum absolute atomic E-state index is 0.0297. The Hall–Kier alpha value is -1.75. The van der Waals surface area contributed by atoms with Crippen molar-refractivity contribution >= 4 is 17.3 Å². The summed E-state index contributed by atoms with van der Waals surface area (Å²) >= 11 is 0. The van der Waals surface area contributed by atoms with Crippen LogP contribution in [0.15, 0.2) is 23.0 Å². The van der Waals surface area contributed by atoms with Crippen LogP contribution in [0.4, 0.5) is 0 Å². The number of ketones is 3. The van der Waals surface area contributed by atoms with E-state index < -0.39 is 27.6 Å². The molecule has 1 unspecified atom stereocenters. The summed E-state index contributed by atoms with van der Waals surface area (Å²) < 4.78 is 0. The van der Waals surface area contributed by atoms with Crippen molar-refractivity contribution in [3.63, 3.8) is 0 Å². The van der Waals surface area contributed by atoms with Crippen molar-refractivity contribution < 1.29 is 24.6 Å². The van der Waals surface area contributed by atoms with Gasteiger partial charge in [0.25, 0.3) is 0 Å². The Morgan fingerprint density at radius 2 is 1.77 bits per heavy atom. The fraction of sp³-hybridized carbons (Fsp3) is 0.731. The molecule has 2 N–H and O–H groups in total. The predicted molar refractivity (Wildman–Crippen MR) is 119 cm³/mol. The zero-order valence-electron chi connectivity index (χ0n) is 20.3. The maximum atomic E-state index is 14.1. The lowest BCUT2D eigenvalue weighted by atomic mass is 9.62. The molecule has 5 heteroatoms. The van der Waals surface area contributed by atoms with Crippen LogP contribution >= 0.6 is 0 Å². The van der Waals surface area contributed by atoms with E-state index in [0.29, 0.717) is 6.42 Å². The van der Waals surface area contributed by atoms with E-state index in [2.05, 4.69) is 0 Å². The molecule has 1 spiro atoms. The molecule has 4 atom stereocenters. The van der Waals surface area contributed by atoms with E-state index in [4.69, 9.17) is 0 Å². The first-order valence-corrected chi connectivity index (χ1v) is 11.5. The van der Waals surface area contributed by atoms with Crippen molar-refractivity contribution in [1.82, 2.24) is 0 Å². The molecular weight excluding hydrogens is 392 g/mol. The van der Waals surface area contributed by atoms with Crippen LogP contribution in [0.2, 0.25) is 0 Å². The molecule has 2 bridgehead atoms. The lowest BCUT2D eigenvalue weighted by molar-refractivity contribution is -0.144. The van der Waals surface area contributed by atoms with Gasteiger partial charge in [-0.2, -0.15) is 0 Å². The Morgan fingerprint density at radius 3 is 2.26 bits per heavy atom. The van der Waals surface area contributed by atoms with Gasteiger partial charge in [-0.1, -0.05) is 39.3 Å². The number of hydrogen-bond acceptors (Lipinski definition) is 5. The highest BCUT2D eigenvalue weighted by Gasteiger charge is 2.78. The minimum atomic E-state index is -1.31. The monoisotopic (exact) mass is 430 g/mol. The number of aliphatic hydroxyl groups excluding tert-OH is 1. The molecule has 0 saturated heterocycles. The maximum absolute atomic E-state index is 14.1. The molecule has 5 nitrogen and oxygen atoms in total. The Kier molecular flexibility index (Phi) is 5.50. The van der Waals surface area contributed by atoms with Crippen LogP contribution in [0, 0.1) is 34.0 Å². The van der Waals surface area contributed by atoms with Crippen molar-refractivity contribution in [3.05, 3.63) is 23.0 Å². The smallest absolute Gasteiger partial charge is 0.183 e. The van der Waals surface area contributed by atoms with E-state index in [0.717, 1.165) is 5.57 Å². The molecule has 0 amide bonds. The van der Waals surface area contributed by atoms with Crippen LogP contribution < -0.4 is 0 Å².